The van der Waals surface area contributed by atoms with E-state index in [9.17, 15) is 9.18 Å². The molecule has 156 valence electrons. The van der Waals surface area contributed by atoms with Crippen LogP contribution in [0.1, 0.15) is 25.2 Å². The summed E-state index contributed by atoms with van der Waals surface area (Å²) in [6.45, 7) is 6.70. The van der Waals surface area contributed by atoms with Crippen molar-refractivity contribution in [2.24, 2.45) is 0 Å². The molecule has 0 atom stereocenters. The molecule has 0 spiro atoms. The lowest BCUT2D eigenvalue weighted by Gasteiger charge is -2.26. The number of hydrogen-bond acceptors (Lipinski definition) is 5. The maximum atomic E-state index is 13.8. The number of carbonyl (C=O) groups excluding carboxylic acids is 1. The Morgan fingerprint density at radius 2 is 1.63 bits per heavy atom. The van der Waals surface area contributed by atoms with Gasteiger partial charge in [0.1, 0.15) is 5.75 Å². The van der Waals surface area contributed by atoms with Crippen molar-refractivity contribution in [1.82, 2.24) is 9.97 Å². The molecule has 0 unspecified atom stereocenters. The molecule has 30 heavy (non-hydrogen) atoms. The smallest absolute Gasteiger partial charge is 0.322 e. The molecule has 0 aliphatic rings. The van der Waals surface area contributed by atoms with Crippen molar-refractivity contribution >= 4 is 23.2 Å². The van der Waals surface area contributed by atoms with Gasteiger partial charge < -0.3 is 14.8 Å². The summed E-state index contributed by atoms with van der Waals surface area (Å²) in [6.07, 6.45) is 0. The van der Waals surface area contributed by atoms with E-state index in [1.165, 1.54) is 12.1 Å². The van der Waals surface area contributed by atoms with Gasteiger partial charge in [0, 0.05) is 5.02 Å². The fourth-order valence-electron chi connectivity index (χ4n) is 2.65. The van der Waals surface area contributed by atoms with Crippen LogP contribution in [0.4, 0.5) is 10.1 Å². The second-order valence-corrected chi connectivity index (χ2v) is 7.54. The van der Waals surface area contributed by atoms with E-state index in [0.717, 1.165) is 0 Å². The molecule has 6 nitrogen and oxygen atoms in total. The maximum Gasteiger partial charge on any atom is 0.322 e. The van der Waals surface area contributed by atoms with Crippen LogP contribution in [0.5, 0.6) is 17.5 Å². The Morgan fingerprint density at radius 3 is 2.23 bits per heavy atom. The number of nitrogens with one attached hydrogen (secondary N) is 1. The van der Waals surface area contributed by atoms with E-state index in [0.29, 0.717) is 27.8 Å². The first-order chi connectivity index (χ1) is 14.2. The van der Waals surface area contributed by atoms with Gasteiger partial charge in [-0.25, -0.2) is 4.39 Å². The molecule has 0 radical (unpaired) electrons. The minimum atomic E-state index is -1.17. The summed E-state index contributed by atoms with van der Waals surface area (Å²) in [6, 6.07) is 12.7. The van der Waals surface area contributed by atoms with E-state index in [1.807, 2.05) is 0 Å². The summed E-state index contributed by atoms with van der Waals surface area (Å²) >= 11 is 5.88. The summed E-state index contributed by atoms with van der Waals surface area (Å²) in [4.78, 5) is 21.3. The number of anilines is 1. The molecule has 3 rings (SSSR count). The van der Waals surface area contributed by atoms with E-state index in [4.69, 9.17) is 21.1 Å². The predicted octanol–water partition coefficient (Wildman–Crippen LogP) is 5.47. The zero-order valence-electron chi connectivity index (χ0n) is 17.0. The second kappa shape index (κ2) is 8.67. The van der Waals surface area contributed by atoms with E-state index < -0.39 is 11.4 Å². The Hall–Kier alpha value is -3.19. The van der Waals surface area contributed by atoms with Crippen LogP contribution in [0.25, 0.3) is 0 Å². The van der Waals surface area contributed by atoms with Gasteiger partial charge in [-0.1, -0.05) is 23.7 Å². The molecule has 0 saturated heterocycles. The minimum Gasteiger partial charge on any atom is -0.478 e. The number of aromatic nitrogens is 2. The number of nitrogens with zero attached hydrogens (tertiary/aromatic N) is 2. The van der Waals surface area contributed by atoms with Gasteiger partial charge >= 0.3 is 6.01 Å². The Bertz CT molecular complexity index is 1050. The summed E-state index contributed by atoms with van der Waals surface area (Å²) in [5.41, 5.74) is 0.220. The van der Waals surface area contributed by atoms with E-state index >= 15 is 0 Å². The van der Waals surface area contributed by atoms with Gasteiger partial charge in [-0.2, -0.15) is 9.97 Å². The highest BCUT2D eigenvalue weighted by Crippen LogP contribution is 2.27. The molecule has 1 amide bonds. The molecule has 1 aromatic heterocycles. The van der Waals surface area contributed by atoms with E-state index in [2.05, 4.69) is 15.3 Å². The van der Waals surface area contributed by atoms with Crippen LogP contribution in [0.2, 0.25) is 5.02 Å². The molecule has 8 heteroatoms. The van der Waals surface area contributed by atoms with Crippen molar-refractivity contribution in [3.05, 3.63) is 70.8 Å². The first kappa shape index (κ1) is 21.5. The number of hydrogen-bond donors (Lipinski definition) is 1. The summed E-state index contributed by atoms with van der Waals surface area (Å²) in [7, 11) is 0. The van der Waals surface area contributed by atoms with Crippen molar-refractivity contribution in [2.75, 3.05) is 5.32 Å². The van der Waals surface area contributed by atoms with Gasteiger partial charge in [0.05, 0.1) is 17.1 Å². The fourth-order valence-corrected chi connectivity index (χ4v) is 2.77. The number of benzene rings is 2. The number of ether oxygens (including phenoxy) is 2. The molecule has 3 aromatic rings. The third-order valence-electron chi connectivity index (χ3n) is 4.26. The van der Waals surface area contributed by atoms with Crippen LogP contribution < -0.4 is 14.8 Å². The monoisotopic (exact) mass is 429 g/mol. The zero-order chi connectivity index (χ0) is 21.9. The Kier molecular flexibility index (Phi) is 6.22. The topological polar surface area (TPSA) is 73.3 Å². The van der Waals surface area contributed by atoms with Crippen LogP contribution in [-0.2, 0) is 4.79 Å². The molecular formula is C22H21ClFN3O3. The van der Waals surface area contributed by atoms with Gasteiger partial charge in [-0.15, -0.1) is 0 Å². The van der Waals surface area contributed by atoms with Gasteiger partial charge in [0.25, 0.3) is 5.91 Å². The molecule has 1 heterocycles. The van der Waals surface area contributed by atoms with Gasteiger partial charge in [0.2, 0.25) is 0 Å². The number of para-hydroxylation sites is 1. The van der Waals surface area contributed by atoms with Crippen LogP contribution in [0.15, 0.2) is 48.5 Å². The SMILES string of the molecule is Cc1nc(Oc2ccccc2F)nc(C)c1NC(=O)C(C)(C)Oc1ccc(Cl)cc1. The Balaban J connectivity index is 1.76. The highest BCUT2D eigenvalue weighted by Gasteiger charge is 2.31. The van der Waals surface area contributed by atoms with Gasteiger partial charge in [0.15, 0.2) is 17.2 Å². The summed E-state index contributed by atoms with van der Waals surface area (Å²) in [5, 5.41) is 3.38. The molecule has 1 N–H and O–H groups in total. The third-order valence-corrected chi connectivity index (χ3v) is 4.51. The largest absolute Gasteiger partial charge is 0.478 e. The van der Waals surface area contributed by atoms with Crippen LogP contribution in [0, 0.1) is 19.7 Å². The normalized spacial score (nSPS) is 11.1. The average molecular weight is 430 g/mol. The highest BCUT2D eigenvalue weighted by atomic mass is 35.5. The number of amides is 1. The fraction of sp³-hybridized carbons (Fsp3) is 0.227. The number of aryl methyl sites for hydroxylation is 2. The lowest BCUT2D eigenvalue weighted by atomic mass is 10.1. The van der Waals surface area contributed by atoms with E-state index in [-0.39, 0.29) is 17.7 Å². The van der Waals surface area contributed by atoms with Gasteiger partial charge in [-0.3, -0.25) is 4.79 Å². The number of halogens is 2. The minimum absolute atomic E-state index is 0.00947. The quantitative estimate of drug-likeness (QED) is 0.562. The van der Waals surface area contributed by atoms with E-state index in [1.54, 1.807) is 64.1 Å². The first-order valence-electron chi connectivity index (χ1n) is 9.19. The second-order valence-electron chi connectivity index (χ2n) is 7.10. The molecule has 0 saturated carbocycles. The molecule has 0 bridgehead atoms. The van der Waals surface area contributed by atoms with Crippen molar-refractivity contribution in [1.29, 1.82) is 0 Å². The number of carbonyl (C=O) groups is 1. The lowest BCUT2D eigenvalue weighted by Crippen LogP contribution is -2.42. The maximum absolute atomic E-state index is 13.8. The molecule has 0 fully saturated rings. The molecular weight excluding hydrogens is 409 g/mol. The van der Waals surface area contributed by atoms with Gasteiger partial charge in [-0.05, 0) is 64.1 Å². The average Bonchev–Trinajstić information content (AvgIpc) is 2.68. The van der Waals surface area contributed by atoms with Crippen LogP contribution in [0.3, 0.4) is 0 Å². The first-order valence-corrected chi connectivity index (χ1v) is 9.57. The standard InChI is InChI=1S/C22H21ClFN3O3/c1-13-19(14(2)26-21(25-13)29-18-8-6-5-7-17(18)24)27-20(28)22(3,4)30-16-11-9-15(23)10-12-16/h5-12H,1-4H3,(H,27,28). The van der Waals surface area contributed by atoms with Crippen molar-refractivity contribution in [3.8, 4) is 17.5 Å². The summed E-state index contributed by atoms with van der Waals surface area (Å²) in [5.74, 6) is -0.367. The van der Waals surface area contributed by atoms with Crippen LogP contribution >= 0.6 is 11.6 Å². The Morgan fingerprint density at radius 1 is 1.03 bits per heavy atom. The third kappa shape index (κ3) is 5.04. The predicted molar refractivity (Wildman–Crippen MR) is 113 cm³/mol. The number of rotatable bonds is 6. The van der Waals surface area contributed by atoms with Crippen molar-refractivity contribution in [2.45, 2.75) is 33.3 Å². The molecule has 2 aromatic carbocycles. The molecule has 0 aliphatic heterocycles. The van der Waals surface area contributed by atoms with Crippen LogP contribution in [-0.4, -0.2) is 21.5 Å². The Labute approximate surface area is 179 Å². The highest BCUT2D eigenvalue weighted by molar-refractivity contribution is 6.30. The summed E-state index contributed by atoms with van der Waals surface area (Å²) < 4.78 is 25.1. The van der Waals surface area contributed by atoms with Crippen molar-refractivity contribution in [3.63, 3.8) is 0 Å². The lowest BCUT2D eigenvalue weighted by molar-refractivity contribution is -0.128. The zero-order valence-corrected chi connectivity index (χ0v) is 17.7. The molecule has 0 aliphatic carbocycles. The van der Waals surface area contributed by atoms with Crippen molar-refractivity contribution < 1.29 is 18.7 Å².